The van der Waals surface area contributed by atoms with Gasteiger partial charge in [-0.25, -0.2) is 0 Å². The number of aliphatic hydroxyl groups is 1. The average Bonchev–Trinajstić information content (AvgIpc) is 3.19. The van der Waals surface area contributed by atoms with Gasteiger partial charge in [0, 0.05) is 29.6 Å². The van der Waals surface area contributed by atoms with Gasteiger partial charge in [0.1, 0.15) is 0 Å². The van der Waals surface area contributed by atoms with Crippen molar-refractivity contribution in [3.8, 4) is 0 Å². The maximum absolute atomic E-state index is 9.30. The Kier molecular flexibility index (Phi) is 5.36. The highest BCUT2D eigenvalue weighted by atomic mass is 35.5. The number of halogens is 2. The molecule has 0 radical (unpaired) electrons. The lowest BCUT2D eigenvalue weighted by Crippen LogP contribution is -2.38. The summed E-state index contributed by atoms with van der Waals surface area (Å²) in [6.07, 6.45) is 3.97. The minimum atomic E-state index is 0. The monoisotopic (exact) mass is 315 g/mol. The Morgan fingerprint density at radius 1 is 1.25 bits per heavy atom. The van der Waals surface area contributed by atoms with Gasteiger partial charge in [0.05, 0.1) is 6.61 Å². The Morgan fingerprint density at radius 3 is 2.45 bits per heavy atom. The third-order valence-corrected chi connectivity index (χ3v) is 5.10. The molecule has 1 saturated heterocycles. The van der Waals surface area contributed by atoms with E-state index in [-0.39, 0.29) is 19.0 Å². The number of nitrogens with zero attached hydrogens (tertiary/aromatic N) is 1. The van der Waals surface area contributed by atoms with Gasteiger partial charge in [0.2, 0.25) is 0 Å². The normalized spacial score (nSPS) is 30.2. The third-order valence-electron chi connectivity index (χ3n) is 4.85. The van der Waals surface area contributed by atoms with Gasteiger partial charge in [0.15, 0.2) is 0 Å². The molecular weight excluding hydrogens is 293 g/mol. The van der Waals surface area contributed by atoms with Crippen LogP contribution in [-0.2, 0) is 0 Å². The minimum absolute atomic E-state index is 0. The second kappa shape index (κ2) is 6.65. The van der Waals surface area contributed by atoms with E-state index in [0.717, 1.165) is 17.5 Å². The van der Waals surface area contributed by atoms with Crippen LogP contribution in [-0.4, -0.2) is 35.2 Å². The summed E-state index contributed by atoms with van der Waals surface area (Å²) in [6, 6.07) is 9.49. The molecule has 3 unspecified atom stereocenters. The molecule has 1 aromatic carbocycles. The number of rotatable bonds is 4. The Bertz CT molecular complexity index is 433. The first kappa shape index (κ1) is 16.1. The molecule has 2 aliphatic rings. The van der Waals surface area contributed by atoms with Gasteiger partial charge in [-0.3, -0.25) is 4.90 Å². The molecule has 1 aliphatic heterocycles. The number of aliphatic hydroxyl groups excluding tert-OH is 1. The van der Waals surface area contributed by atoms with E-state index < -0.39 is 0 Å². The van der Waals surface area contributed by atoms with Gasteiger partial charge in [-0.1, -0.05) is 23.7 Å². The molecule has 1 saturated carbocycles. The maximum atomic E-state index is 9.30. The summed E-state index contributed by atoms with van der Waals surface area (Å²) in [7, 11) is 0. The third kappa shape index (κ3) is 3.14. The molecular formula is C16H23Cl2NO. The van der Waals surface area contributed by atoms with E-state index >= 15 is 0 Å². The molecule has 2 fully saturated rings. The zero-order chi connectivity index (χ0) is 13.4. The summed E-state index contributed by atoms with van der Waals surface area (Å²) in [5.74, 6) is 1.45. The Hall–Kier alpha value is -0.280. The van der Waals surface area contributed by atoms with E-state index in [4.69, 9.17) is 11.6 Å². The number of benzene rings is 1. The summed E-state index contributed by atoms with van der Waals surface area (Å²) in [6.45, 7) is 3.38. The van der Waals surface area contributed by atoms with Gasteiger partial charge < -0.3 is 5.11 Å². The Labute approximate surface area is 132 Å². The van der Waals surface area contributed by atoms with Crippen LogP contribution < -0.4 is 0 Å². The van der Waals surface area contributed by atoms with Crippen molar-refractivity contribution in [2.24, 2.45) is 5.92 Å². The molecule has 2 nitrogen and oxygen atoms in total. The van der Waals surface area contributed by atoms with Crippen LogP contribution in [0.2, 0.25) is 5.02 Å². The zero-order valence-electron chi connectivity index (χ0n) is 11.8. The predicted molar refractivity (Wildman–Crippen MR) is 85.8 cm³/mol. The van der Waals surface area contributed by atoms with E-state index in [1.54, 1.807) is 0 Å². The molecule has 3 atom stereocenters. The fourth-order valence-corrected chi connectivity index (χ4v) is 3.81. The summed E-state index contributed by atoms with van der Waals surface area (Å²) in [4.78, 5) is 2.52. The van der Waals surface area contributed by atoms with Crippen LogP contribution in [0.3, 0.4) is 0 Å². The first-order chi connectivity index (χ1) is 9.20. The molecule has 3 rings (SSSR count). The first-order valence-corrected chi connectivity index (χ1v) is 7.70. The molecule has 1 N–H and O–H groups in total. The molecule has 20 heavy (non-hydrogen) atoms. The van der Waals surface area contributed by atoms with Crippen molar-refractivity contribution >= 4 is 24.0 Å². The van der Waals surface area contributed by atoms with Crippen LogP contribution in [0.15, 0.2) is 24.3 Å². The zero-order valence-corrected chi connectivity index (χ0v) is 13.4. The molecule has 1 aromatic rings. The standard InChI is InChI=1S/C16H22ClNO.ClH/c1-11-15(12-4-6-14(17)7-5-12)10-16(13-2-3-13)18(11)8-9-19;/h4-7,11,13,15-16,19H,2-3,8-10H2,1H3;1H. The van der Waals surface area contributed by atoms with E-state index in [0.29, 0.717) is 18.0 Å². The number of likely N-dealkylation sites (tertiary alicyclic amines) is 1. The summed E-state index contributed by atoms with van der Waals surface area (Å²) in [5, 5.41) is 10.1. The highest BCUT2D eigenvalue weighted by molar-refractivity contribution is 6.30. The van der Waals surface area contributed by atoms with Gasteiger partial charge in [-0.2, -0.15) is 0 Å². The van der Waals surface area contributed by atoms with Gasteiger partial charge in [-0.15, -0.1) is 12.4 Å². The van der Waals surface area contributed by atoms with Crippen molar-refractivity contribution in [1.82, 2.24) is 4.90 Å². The fraction of sp³-hybridized carbons (Fsp3) is 0.625. The van der Waals surface area contributed by atoms with E-state index in [9.17, 15) is 5.11 Å². The van der Waals surface area contributed by atoms with Crippen molar-refractivity contribution in [3.63, 3.8) is 0 Å². The smallest absolute Gasteiger partial charge is 0.0558 e. The van der Waals surface area contributed by atoms with E-state index in [2.05, 4.69) is 24.0 Å². The molecule has 0 bridgehead atoms. The SMILES string of the molecule is CC1C(c2ccc(Cl)cc2)CC(C2CC2)N1CCO.Cl. The molecule has 4 heteroatoms. The lowest BCUT2D eigenvalue weighted by atomic mass is 9.91. The summed E-state index contributed by atoms with van der Waals surface area (Å²) < 4.78 is 0. The quantitative estimate of drug-likeness (QED) is 0.915. The lowest BCUT2D eigenvalue weighted by molar-refractivity contribution is 0.140. The molecule has 1 heterocycles. The maximum Gasteiger partial charge on any atom is 0.0558 e. The van der Waals surface area contributed by atoms with E-state index in [1.807, 2.05) is 12.1 Å². The Balaban J connectivity index is 0.00000147. The van der Waals surface area contributed by atoms with Crippen LogP contribution in [0.4, 0.5) is 0 Å². The van der Waals surface area contributed by atoms with Crippen LogP contribution in [0.1, 0.15) is 37.7 Å². The number of hydrogen-bond donors (Lipinski definition) is 1. The summed E-state index contributed by atoms with van der Waals surface area (Å²) >= 11 is 5.98. The minimum Gasteiger partial charge on any atom is -0.395 e. The van der Waals surface area contributed by atoms with Crippen molar-refractivity contribution in [1.29, 1.82) is 0 Å². The molecule has 112 valence electrons. The largest absolute Gasteiger partial charge is 0.395 e. The second-order valence-corrected chi connectivity index (χ2v) is 6.44. The van der Waals surface area contributed by atoms with Crippen molar-refractivity contribution < 1.29 is 5.11 Å². The van der Waals surface area contributed by atoms with Crippen LogP contribution >= 0.6 is 24.0 Å². The number of hydrogen-bond acceptors (Lipinski definition) is 2. The van der Waals surface area contributed by atoms with Crippen molar-refractivity contribution in [2.45, 2.75) is 44.2 Å². The molecule has 1 aliphatic carbocycles. The topological polar surface area (TPSA) is 23.5 Å². The van der Waals surface area contributed by atoms with Gasteiger partial charge in [-0.05, 0) is 49.8 Å². The molecule has 0 aromatic heterocycles. The highest BCUT2D eigenvalue weighted by Gasteiger charge is 2.45. The molecule has 0 amide bonds. The predicted octanol–water partition coefficient (Wildman–Crippen LogP) is 3.71. The number of β-amino-alcohol motifs (C(OH)–C–C–N with tert-alkyl or cyclic N) is 1. The van der Waals surface area contributed by atoms with Gasteiger partial charge in [0.25, 0.3) is 0 Å². The van der Waals surface area contributed by atoms with Crippen LogP contribution in [0.25, 0.3) is 0 Å². The van der Waals surface area contributed by atoms with E-state index in [1.165, 1.54) is 24.8 Å². The first-order valence-electron chi connectivity index (χ1n) is 7.32. The van der Waals surface area contributed by atoms with Gasteiger partial charge >= 0.3 is 0 Å². The molecule has 0 spiro atoms. The second-order valence-electron chi connectivity index (χ2n) is 6.00. The van der Waals surface area contributed by atoms with Crippen molar-refractivity contribution in [3.05, 3.63) is 34.9 Å². The Morgan fingerprint density at radius 2 is 1.90 bits per heavy atom. The van der Waals surface area contributed by atoms with Crippen LogP contribution in [0, 0.1) is 5.92 Å². The van der Waals surface area contributed by atoms with Crippen molar-refractivity contribution in [2.75, 3.05) is 13.2 Å². The van der Waals surface area contributed by atoms with Crippen LogP contribution in [0.5, 0.6) is 0 Å². The lowest BCUT2D eigenvalue weighted by Gasteiger charge is -2.28. The highest BCUT2D eigenvalue weighted by Crippen LogP contribution is 2.47. The average molecular weight is 316 g/mol. The fourth-order valence-electron chi connectivity index (χ4n) is 3.68. The summed E-state index contributed by atoms with van der Waals surface area (Å²) in [5.41, 5.74) is 1.39.